The number of fused-ring (bicyclic) bond motifs is 2. The molecule has 0 aliphatic carbocycles. The van der Waals surface area contributed by atoms with Crippen molar-refractivity contribution in [3.8, 4) is 0 Å². The summed E-state index contributed by atoms with van der Waals surface area (Å²) in [6.07, 6.45) is 4.32. The van der Waals surface area contributed by atoms with Crippen LogP contribution in [0, 0.1) is 23.4 Å². The van der Waals surface area contributed by atoms with Gasteiger partial charge in [-0.3, -0.25) is 14.4 Å². The normalized spacial score (nSPS) is 25.1. The second kappa shape index (κ2) is 11.5. The van der Waals surface area contributed by atoms with Gasteiger partial charge in [-0.2, -0.15) is 0 Å². The number of rotatable bonds is 11. The number of nitrogens with two attached hydrogens (primary N) is 1. The molecule has 5 N–H and O–H groups in total. The summed E-state index contributed by atoms with van der Waals surface area (Å²) in [5.74, 6) is -3.84. The van der Waals surface area contributed by atoms with Gasteiger partial charge >= 0.3 is 0 Å². The number of Topliss-reactive ketones (excluding diaryl/α,β-unsaturated/α-hetero) is 1. The number of hydrogen-bond acceptors (Lipinski definition) is 5. The average Bonchev–Trinajstić information content (AvgIpc) is 3.10. The number of piperidine rings is 1. The summed E-state index contributed by atoms with van der Waals surface area (Å²) in [6, 6.07) is 0.222. The molecule has 2 fully saturated rings. The smallest absolute Gasteiger partial charge is 0.217 e. The maximum atomic E-state index is 14.2. The molecule has 2 heterocycles. The standard InChI is InChI=1S/C25H35F3N4O3/c1-14(33)30-8-4-3-5-23(31-15(2)34)24(35)25-7-6-18(32-25)9-17(13-25)22(29)11-16-10-20(27)21(28)12-19(16)26/h10,12,17-18,22-23,32H,3-9,11,13,29H2,1-2H3,(H,30,33)(H,31,34)/t17?,18?,22-,23?,25+/m1/s1. The van der Waals surface area contributed by atoms with E-state index < -0.39 is 35.1 Å². The molecular formula is C25H35F3N4O3. The Bertz CT molecular complexity index is 960. The maximum Gasteiger partial charge on any atom is 0.217 e. The molecule has 0 spiro atoms. The molecule has 1 aromatic rings. The van der Waals surface area contributed by atoms with Gasteiger partial charge in [0.15, 0.2) is 17.4 Å². The second-order valence-electron chi connectivity index (χ2n) is 9.98. The largest absolute Gasteiger partial charge is 0.356 e. The van der Waals surface area contributed by atoms with Crippen LogP contribution in [-0.4, -0.2) is 47.8 Å². The third-order valence-electron chi connectivity index (χ3n) is 7.21. The molecular weight excluding hydrogens is 461 g/mol. The predicted molar refractivity (Wildman–Crippen MR) is 125 cm³/mol. The molecule has 5 atom stereocenters. The van der Waals surface area contributed by atoms with E-state index in [1.54, 1.807) is 0 Å². The fourth-order valence-electron chi connectivity index (χ4n) is 5.54. The van der Waals surface area contributed by atoms with Gasteiger partial charge in [0.05, 0.1) is 11.6 Å². The first-order chi connectivity index (χ1) is 16.5. The zero-order valence-corrected chi connectivity index (χ0v) is 20.3. The number of carbonyl (C=O) groups is 3. The molecule has 2 amide bonds. The van der Waals surface area contributed by atoms with Crippen LogP contribution in [0.25, 0.3) is 0 Å². The Kier molecular flexibility index (Phi) is 8.93. The highest BCUT2D eigenvalue weighted by Crippen LogP contribution is 2.42. The molecule has 3 rings (SSSR count). The van der Waals surface area contributed by atoms with Gasteiger partial charge in [-0.05, 0) is 68.9 Å². The Balaban J connectivity index is 1.69. The molecule has 35 heavy (non-hydrogen) atoms. The van der Waals surface area contributed by atoms with Crippen LogP contribution in [0.1, 0.15) is 64.4 Å². The molecule has 2 aliphatic heterocycles. The third-order valence-corrected chi connectivity index (χ3v) is 7.21. The number of amides is 2. The van der Waals surface area contributed by atoms with Gasteiger partial charge in [0.25, 0.3) is 0 Å². The topological polar surface area (TPSA) is 113 Å². The minimum absolute atomic E-state index is 0.0120. The van der Waals surface area contributed by atoms with Crippen molar-refractivity contribution >= 4 is 17.6 Å². The lowest BCUT2D eigenvalue weighted by atomic mass is 9.74. The Labute approximate surface area is 203 Å². The molecule has 194 valence electrons. The zero-order chi connectivity index (χ0) is 25.8. The van der Waals surface area contributed by atoms with E-state index in [4.69, 9.17) is 5.73 Å². The Morgan fingerprint density at radius 2 is 1.83 bits per heavy atom. The van der Waals surface area contributed by atoms with Crippen LogP contribution >= 0.6 is 0 Å². The van der Waals surface area contributed by atoms with E-state index in [9.17, 15) is 27.6 Å². The van der Waals surface area contributed by atoms with Gasteiger partial charge in [-0.25, -0.2) is 13.2 Å². The van der Waals surface area contributed by atoms with Crippen molar-refractivity contribution in [1.82, 2.24) is 16.0 Å². The van der Waals surface area contributed by atoms with Gasteiger partial charge in [-0.1, -0.05) is 0 Å². The average molecular weight is 497 g/mol. The first-order valence-electron chi connectivity index (χ1n) is 12.2. The van der Waals surface area contributed by atoms with Crippen molar-refractivity contribution in [2.75, 3.05) is 6.54 Å². The van der Waals surface area contributed by atoms with Crippen LogP contribution in [-0.2, 0) is 20.8 Å². The van der Waals surface area contributed by atoms with Crippen molar-refractivity contribution in [1.29, 1.82) is 0 Å². The molecule has 2 bridgehead atoms. The number of ketones is 1. The van der Waals surface area contributed by atoms with Crippen LogP contribution in [0.5, 0.6) is 0 Å². The summed E-state index contributed by atoms with van der Waals surface area (Å²) in [6.45, 7) is 3.31. The van der Waals surface area contributed by atoms with Crippen molar-refractivity contribution in [3.63, 3.8) is 0 Å². The third kappa shape index (κ3) is 6.82. The summed E-state index contributed by atoms with van der Waals surface area (Å²) < 4.78 is 41.1. The highest BCUT2D eigenvalue weighted by atomic mass is 19.2. The van der Waals surface area contributed by atoms with E-state index in [-0.39, 0.29) is 41.5 Å². The highest BCUT2D eigenvalue weighted by molar-refractivity contribution is 5.96. The lowest BCUT2D eigenvalue weighted by Gasteiger charge is -2.42. The van der Waals surface area contributed by atoms with Crippen LogP contribution in [0.4, 0.5) is 13.2 Å². The summed E-state index contributed by atoms with van der Waals surface area (Å²) >= 11 is 0. The molecule has 10 heteroatoms. The molecule has 0 aromatic heterocycles. The number of carbonyl (C=O) groups excluding carboxylic acids is 3. The predicted octanol–water partition coefficient (Wildman–Crippen LogP) is 2.25. The number of halogens is 3. The van der Waals surface area contributed by atoms with Crippen molar-refractivity contribution < 1.29 is 27.6 Å². The molecule has 0 saturated carbocycles. The van der Waals surface area contributed by atoms with Gasteiger partial charge in [0.1, 0.15) is 5.82 Å². The fourth-order valence-corrected chi connectivity index (χ4v) is 5.54. The van der Waals surface area contributed by atoms with E-state index in [2.05, 4.69) is 16.0 Å². The lowest BCUT2D eigenvalue weighted by Crippen LogP contribution is -2.62. The maximum absolute atomic E-state index is 14.2. The Hall–Kier alpha value is -2.46. The SMILES string of the molecule is CC(=O)NCCCCC(NC(C)=O)C(=O)[C@]12CCC(CC([C@H](N)Cc3cc(F)c(F)cc3F)C1)N2. The van der Waals surface area contributed by atoms with Crippen LogP contribution in [0.15, 0.2) is 12.1 Å². The summed E-state index contributed by atoms with van der Waals surface area (Å²) in [7, 11) is 0. The quantitative estimate of drug-likeness (QED) is 0.277. The van der Waals surface area contributed by atoms with Crippen molar-refractivity contribution in [2.24, 2.45) is 11.7 Å². The minimum atomic E-state index is -1.25. The first kappa shape index (κ1) is 27.1. The van der Waals surface area contributed by atoms with E-state index in [0.717, 1.165) is 12.5 Å². The number of hydrogen-bond donors (Lipinski definition) is 4. The van der Waals surface area contributed by atoms with Crippen molar-refractivity contribution in [2.45, 2.75) is 88.9 Å². The van der Waals surface area contributed by atoms with E-state index >= 15 is 0 Å². The molecule has 1 aromatic carbocycles. The summed E-state index contributed by atoms with van der Waals surface area (Å²) in [5, 5.41) is 8.95. The van der Waals surface area contributed by atoms with Crippen LogP contribution < -0.4 is 21.7 Å². The molecule has 3 unspecified atom stereocenters. The summed E-state index contributed by atoms with van der Waals surface area (Å²) in [4.78, 5) is 36.6. The molecule has 2 aliphatic rings. The van der Waals surface area contributed by atoms with E-state index in [1.807, 2.05) is 0 Å². The van der Waals surface area contributed by atoms with Gasteiger partial charge in [0, 0.05) is 38.5 Å². The van der Waals surface area contributed by atoms with Crippen LogP contribution in [0.3, 0.4) is 0 Å². The van der Waals surface area contributed by atoms with E-state index in [1.165, 1.54) is 13.8 Å². The number of nitrogens with one attached hydrogen (secondary N) is 3. The monoisotopic (exact) mass is 496 g/mol. The number of unbranched alkanes of at least 4 members (excludes halogenated alkanes) is 1. The van der Waals surface area contributed by atoms with Gasteiger partial charge < -0.3 is 21.7 Å². The van der Waals surface area contributed by atoms with E-state index in [0.29, 0.717) is 51.1 Å². The minimum Gasteiger partial charge on any atom is -0.356 e. The first-order valence-corrected chi connectivity index (χ1v) is 12.2. The lowest BCUT2D eigenvalue weighted by molar-refractivity contribution is -0.132. The molecule has 2 saturated heterocycles. The fraction of sp³-hybridized carbons (Fsp3) is 0.640. The summed E-state index contributed by atoms with van der Waals surface area (Å²) in [5.41, 5.74) is 5.58. The Morgan fingerprint density at radius 3 is 2.51 bits per heavy atom. The van der Waals surface area contributed by atoms with Gasteiger partial charge in [0.2, 0.25) is 11.8 Å². The van der Waals surface area contributed by atoms with Gasteiger partial charge in [-0.15, -0.1) is 0 Å². The molecule has 7 nitrogen and oxygen atoms in total. The van der Waals surface area contributed by atoms with Crippen LogP contribution in [0.2, 0.25) is 0 Å². The molecule has 0 radical (unpaired) electrons. The number of benzene rings is 1. The highest BCUT2D eigenvalue weighted by Gasteiger charge is 2.52. The van der Waals surface area contributed by atoms with Crippen molar-refractivity contribution in [3.05, 3.63) is 35.1 Å². The Morgan fingerprint density at radius 1 is 1.11 bits per heavy atom. The second-order valence-corrected chi connectivity index (χ2v) is 9.98. The zero-order valence-electron chi connectivity index (χ0n) is 20.3.